The number of halogens is 2. The van der Waals surface area contributed by atoms with E-state index in [2.05, 4.69) is 41.2 Å². The fourth-order valence-electron chi connectivity index (χ4n) is 1.73. The van der Waals surface area contributed by atoms with Crippen molar-refractivity contribution in [1.29, 1.82) is 0 Å². The van der Waals surface area contributed by atoms with Gasteiger partial charge in [-0.3, -0.25) is 0 Å². The van der Waals surface area contributed by atoms with Crippen LogP contribution in [0.3, 0.4) is 0 Å². The Balaban J connectivity index is 2.55. The summed E-state index contributed by atoms with van der Waals surface area (Å²) in [5, 5.41) is 4.38. The van der Waals surface area contributed by atoms with Crippen molar-refractivity contribution in [1.82, 2.24) is 5.32 Å². The normalized spacial score (nSPS) is 12.8. The topological polar surface area (TPSA) is 12.0 Å². The summed E-state index contributed by atoms with van der Waals surface area (Å²) in [7, 11) is 0. The fourth-order valence-corrected chi connectivity index (χ4v) is 2.32. The summed E-state index contributed by atoms with van der Waals surface area (Å²) in [6, 6.07) is 6.58. The van der Waals surface area contributed by atoms with Crippen LogP contribution < -0.4 is 5.32 Å². The van der Waals surface area contributed by atoms with Crippen molar-refractivity contribution in [3.8, 4) is 0 Å². The Morgan fingerprint density at radius 3 is 2.75 bits per heavy atom. The molecule has 0 amide bonds. The van der Waals surface area contributed by atoms with E-state index < -0.39 is 0 Å². The molecule has 0 heterocycles. The van der Waals surface area contributed by atoms with Crippen LogP contribution in [-0.4, -0.2) is 6.04 Å². The Hall–Kier alpha value is -0.0500. The van der Waals surface area contributed by atoms with E-state index >= 15 is 0 Å². The van der Waals surface area contributed by atoms with Crippen molar-refractivity contribution in [3.63, 3.8) is 0 Å². The summed E-state index contributed by atoms with van der Waals surface area (Å²) in [4.78, 5) is 0. The lowest BCUT2D eigenvalue weighted by atomic mass is 10.1. The molecule has 0 fully saturated rings. The van der Waals surface area contributed by atoms with Gasteiger partial charge in [-0.25, -0.2) is 0 Å². The van der Waals surface area contributed by atoms with E-state index in [-0.39, 0.29) is 0 Å². The van der Waals surface area contributed by atoms with E-state index in [1.165, 1.54) is 19.3 Å². The van der Waals surface area contributed by atoms with Gasteiger partial charge in [0, 0.05) is 22.1 Å². The van der Waals surface area contributed by atoms with E-state index in [9.17, 15) is 0 Å². The molecule has 1 aromatic rings. The second kappa shape index (κ2) is 7.31. The van der Waals surface area contributed by atoms with Gasteiger partial charge in [0.25, 0.3) is 0 Å². The van der Waals surface area contributed by atoms with Gasteiger partial charge < -0.3 is 5.32 Å². The smallest absolute Gasteiger partial charge is 0.0451 e. The largest absolute Gasteiger partial charge is 0.310 e. The van der Waals surface area contributed by atoms with Gasteiger partial charge in [0.1, 0.15) is 0 Å². The maximum atomic E-state index is 6.14. The van der Waals surface area contributed by atoms with Crippen molar-refractivity contribution >= 4 is 27.5 Å². The second-order valence-corrected chi connectivity index (χ2v) is 5.33. The van der Waals surface area contributed by atoms with E-state index in [1.807, 2.05) is 12.1 Å². The minimum absolute atomic E-state index is 0.597. The van der Waals surface area contributed by atoms with Crippen LogP contribution in [0.5, 0.6) is 0 Å². The van der Waals surface area contributed by atoms with E-state index in [0.717, 1.165) is 21.6 Å². The van der Waals surface area contributed by atoms with Crippen LogP contribution in [0.1, 0.15) is 38.7 Å². The van der Waals surface area contributed by atoms with E-state index in [1.54, 1.807) is 0 Å². The molecule has 0 aliphatic carbocycles. The van der Waals surface area contributed by atoms with Crippen molar-refractivity contribution in [2.45, 2.75) is 45.7 Å². The zero-order chi connectivity index (χ0) is 12.0. The highest BCUT2D eigenvalue weighted by Gasteiger charge is 2.06. The molecule has 90 valence electrons. The van der Waals surface area contributed by atoms with Gasteiger partial charge in [0.05, 0.1) is 0 Å². The number of hydrogen-bond donors (Lipinski definition) is 1. The average Bonchev–Trinajstić information content (AvgIpc) is 2.28. The Bertz CT molecular complexity index is 328. The summed E-state index contributed by atoms with van der Waals surface area (Å²) in [5.41, 5.74) is 1.16. The zero-order valence-corrected chi connectivity index (χ0v) is 12.2. The molecular weight excluding hydrogens is 286 g/mol. The molecule has 1 atom stereocenters. The average molecular weight is 305 g/mol. The number of hydrogen-bond acceptors (Lipinski definition) is 1. The summed E-state index contributed by atoms with van der Waals surface area (Å²) in [6.45, 7) is 5.28. The maximum absolute atomic E-state index is 6.14. The highest BCUT2D eigenvalue weighted by atomic mass is 79.9. The van der Waals surface area contributed by atoms with E-state index in [0.29, 0.717) is 6.04 Å². The maximum Gasteiger partial charge on any atom is 0.0451 e. The Labute approximate surface area is 112 Å². The lowest BCUT2D eigenvalue weighted by molar-refractivity contribution is 0.462. The predicted molar refractivity (Wildman–Crippen MR) is 75.0 cm³/mol. The van der Waals surface area contributed by atoms with Crippen LogP contribution in [0.25, 0.3) is 0 Å². The molecule has 0 aliphatic rings. The van der Waals surface area contributed by atoms with Crippen LogP contribution in [0, 0.1) is 0 Å². The third-order valence-electron chi connectivity index (χ3n) is 2.72. The van der Waals surface area contributed by atoms with Gasteiger partial charge in [-0.2, -0.15) is 0 Å². The fraction of sp³-hybridized carbons (Fsp3) is 0.538. The first kappa shape index (κ1) is 14.0. The Morgan fingerprint density at radius 2 is 2.12 bits per heavy atom. The third kappa shape index (κ3) is 4.44. The van der Waals surface area contributed by atoms with Gasteiger partial charge in [-0.15, -0.1) is 0 Å². The zero-order valence-electron chi connectivity index (χ0n) is 9.89. The summed E-state index contributed by atoms with van der Waals surface area (Å²) >= 11 is 9.60. The van der Waals surface area contributed by atoms with Crippen molar-refractivity contribution in [2.24, 2.45) is 0 Å². The second-order valence-electron chi connectivity index (χ2n) is 4.01. The van der Waals surface area contributed by atoms with Gasteiger partial charge >= 0.3 is 0 Å². The first-order chi connectivity index (χ1) is 7.67. The molecule has 1 rings (SSSR count). The summed E-state index contributed by atoms with van der Waals surface area (Å²) in [6.07, 6.45) is 3.61. The lowest BCUT2D eigenvalue weighted by Crippen LogP contribution is -2.27. The molecule has 1 N–H and O–H groups in total. The molecule has 1 unspecified atom stereocenters. The highest BCUT2D eigenvalue weighted by Crippen LogP contribution is 2.21. The van der Waals surface area contributed by atoms with Crippen LogP contribution in [-0.2, 0) is 6.54 Å². The van der Waals surface area contributed by atoms with Gasteiger partial charge in [-0.05, 0) is 36.6 Å². The molecule has 16 heavy (non-hydrogen) atoms. The number of nitrogens with one attached hydrogen (secondary N) is 1. The highest BCUT2D eigenvalue weighted by molar-refractivity contribution is 9.10. The third-order valence-corrected chi connectivity index (χ3v) is 3.58. The van der Waals surface area contributed by atoms with Crippen LogP contribution in [0.2, 0.25) is 5.02 Å². The van der Waals surface area contributed by atoms with E-state index in [4.69, 9.17) is 11.6 Å². The standard InChI is InChI=1S/C13H19BrClN/c1-3-5-12(4-2)16-9-10-8-11(14)6-7-13(10)15/h6-8,12,16H,3-5,9H2,1-2H3. The molecule has 0 aliphatic heterocycles. The molecule has 0 bridgehead atoms. The first-order valence-corrected chi connectivity index (χ1v) is 7.01. The molecule has 0 radical (unpaired) electrons. The molecule has 0 saturated carbocycles. The van der Waals surface area contributed by atoms with Gasteiger partial charge in [0.2, 0.25) is 0 Å². The summed E-state index contributed by atoms with van der Waals surface area (Å²) in [5.74, 6) is 0. The quantitative estimate of drug-likeness (QED) is 0.798. The SMILES string of the molecule is CCCC(CC)NCc1cc(Br)ccc1Cl. The number of benzene rings is 1. The summed E-state index contributed by atoms with van der Waals surface area (Å²) < 4.78 is 1.08. The molecule has 0 spiro atoms. The van der Waals surface area contributed by atoms with Crippen molar-refractivity contribution < 1.29 is 0 Å². The van der Waals surface area contributed by atoms with Gasteiger partial charge in [0.15, 0.2) is 0 Å². The Kier molecular flexibility index (Phi) is 6.40. The minimum Gasteiger partial charge on any atom is -0.310 e. The molecule has 0 aromatic heterocycles. The van der Waals surface area contributed by atoms with Crippen LogP contribution in [0.15, 0.2) is 22.7 Å². The molecular formula is C13H19BrClN. The molecule has 1 aromatic carbocycles. The first-order valence-electron chi connectivity index (χ1n) is 5.84. The molecule has 0 saturated heterocycles. The predicted octanol–water partition coefficient (Wildman–Crippen LogP) is 4.77. The van der Waals surface area contributed by atoms with Crippen molar-refractivity contribution in [2.75, 3.05) is 0 Å². The number of rotatable bonds is 6. The van der Waals surface area contributed by atoms with Crippen molar-refractivity contribution in [3.05, 3.63) is 33.3 Å². The van der Waals surface area contributed by atoms with Crippen LogP contribution >= 0.6 is 27.5 Å². The Morgan fingerprint density at radius 1 is 1.38 bits per heavy atom. The minimum atomic E-state index is 0.597. The molecule has 1 nitrogen and oxygen atoms in total. The monoisotopic (exact) mass is 303 g/mol. The molecule has 3 heteroatoms. The van der Waals surface area contributed by atoms with Crippen LogP contribution in [0.4, 0.5) is 0 Å². The lowest BCUT2D eigenvalue weighted by Gasteiger charge is -2.16. The van der Waals surface area contributed by atoms with Gasteiger partial charge in [-0.1, -0.05) is 47.8 Å².